The topological polar surface area (TPSA) is 89.5 Å². The summed E-state index contributed by atoms with van der Waals surface area (Å²) < 4.78 is 27.7. The van der Waals surface area contributed by atoms with Crippen LogP contribution in [0, 0.1) is 5.92 Å². The van der Waals surface area contributed by atoms with Crippen LogP contribution in [0.1, 0.15) is 26.7 Å². The summed E-state index contributed by atoms with van der Waals surface area (Å²) in [6.45, 7) is 3.60. The third kappa shape index (κ3) is 6.71. The SMILES string of the molecule is CC(C)CCC(=O)OCC(=O)Nc1cccc(S(C)(=O)=O)c1. The molecular formula is C15H21NO5S. The smallest absolute Gasteiger partial charge is 0.306 e. The fraction of sp³-hybridized carbons (Fsp3) is 0.467. The van der Waals surface area contributed by atoms with E-state index in [0.717, 1.165) is 6.26 Å². The van der Waals surface area contributed by atoms with Crippen LogP contribution in [0.4, 0.5) is 5.69 Å². The van der Waals surface area contributed by atoms with E-state index in [-0.39, 0.29) is 17.9 Å². The van der Waals surface area contributed by atoms with Crippen LogP contribution in [-0.4, -0.2) is 33.2 Å². The van der Waals surface area contributed by atoms with Gasteiger partial charge in [0.15, 0.2) is 16.4 Å². The lowest BCUT2D eigenvalue weighted by molar-refractivity contribution is -0.147. The Morgan fingerprint density at radius 2 is 1.95 bits per heavy atom. The van der Waals surface area contributed by atoms with Crippen molar-refractivity contribution in [1.82, 2.24) is 0 Å². The van der Waals surface area contributed by atoms with Crippen LogP contribution in [0.2, 0.25) is 0 Å². The molecule has 0 bridgehead atoms. The summed E-state index contributed by atoms with van der Waals surface area (Å²) in [5, 5.41) is 2.49. The van der Waals surface area contributed by atoms with Crippen molar-refractivity contribution in [3.05, 3.63) is 24.3 Å². The first-order chi connectivity index (χ1) is 10.2. The lowest BCUT2D eigenvalue weighted by Gasteiger charge is -2.08. The van der Waals surface area contributed by atoms with Crippen LogP contribution in [0.5, 0.6) is 0 Å². The minimum Gasteiger partial charge on any atom is -0.456 e. The molecule has 1 amide bonds. The third-order valence-electron chi connectivity index (χ3n) is 2.84. The van der Waals surface area contributed by atoms with Crippen molar-refractivity contribution in [3.63, 3.8) is 0 Å². The molecule has 0 aliphatic carbocycles. The monoisotopic (exact) mass is 327 g/mol. The maximum Gasteiger partial charge on any atom is 0.306 e. The molecule has 6 nitrogen and oxygen atoms in total. The summed E-state index contributed by atoms with van der Waals surface area (Å²) in [4.78, 5) is 23.2. The number of hydrogen-bond acceptors (Lipinski definition) is 5. The van der Waals surface area contributed by atoms with E-state index in [9.17, 15) is 18.0 Å². The molecule has 0 radical (unpaired) electrons. The van der Waals surface area contributed by atoms with Gasteiger partial charge in [0, 0.05) is 18.4 Å². The summed E-state index contributed by atoms with van der Waals surface area (Å²) in [5.74, 6) is -0.544. The number of ether oxygens (including phenoxy) is 1. The molecule has 0 atom stereocenters. The molecule has 1 N–H and O–H groups in total. The Balaban J connectivity index is 2.51. The number of anilines is 1. The Morgan fingerprint density at radius 1 is 1.27 bits per heavy atom. The van der Waals surface area contributed by atoms with Crippen LogP contribution in [0.25, 0.3) is 0 Å². The highest BCUT2D eigenvalue weighted by molar-refractivity contribution is 7.90. The van der Waals surface area contributed by atoms with Crippen molar-refractivity contribution < 1.29 is 22.7 Å². The van der Waals surface area contributed by atoms with Crippen molar-refractivity contribution in [2.75, 3.05) is 18.2 Å². The predicted octanol–water partition coefficient (Wildman–Crippen LogP) is 2.01. The Hall–Kier alpha value is -1.89. The number of rotatable bonds is 7. The zero-order valence-electron chi connectivity index (χ0n) is 13.0. The summed E-state index contributed by atoms with van der Waals surface area (Å²) in [5.41, 5.74) is 0.339. The normalized spacial score (nSPS) is 11.3. The molecular weight excluding hydrogens is 306 g/mol. The fourth-order valence-corrected chi connectivity index (χ4v) is 2.29. The average Bonchev–Trinajstić information content (AvgIpc) is 2.42. The Kier molecular flexibility index (Phi) is 6.55. The molecule has 1 aromatic carbocycles. The van der Waals surface area contributed by atoms with Crippen molar-refractivity contribution in [3.8, 4) is 0 Å². The molecule has 7 heteroatoms. The number of hydrogen-bond donors (Lipinski definition) is 1. The minimum atomic E-state index is -3.34. The largest absolute Gasteiger partial charge is 0.456 e. The molecule has 1 aromatic rings. The number of esters is 1. The van der Waals surface area contributed by atoms with Gasteiger partial charge in [0.05, 0.1) is 4.90 Å². The standard InChI is InChI=1S/C15H21NO5S/c1-11(2)7-8-15(18)21-10-14(17)16-12-5-4-6-13(9-12)22(3,19)20/h4-6,9,11H,7-8,10H2,1-3H3,(H,16,17). The lowest BCUT2D eigenvalue weighted by Crippen LogP contribution is -2.21. The van der Waals surface area contributed by atoms with Crippen molar-refractivity contribution in [1.29, 1.82) is 0 Å². The van der Waals surface area contributed by atoms with Gasteiger partial charge >= 0.3 is 5.97 Å². The van der Waals surface area contributed by atoms with Gasteiger partial charge in [0.1, 0.15) is 0 Å². The maximum atomic E-state index is 11.7. The summed E-state index contributed by atoms with van der Waals surface area (Å²) >= 11 is 0. The third-order valence-corrected chi connectivity index (χ3v) is 3.95. The fourth-order valence-electron chi connectivity index (χ4n) is 1.63. The van der Waals surface area contributed by atoms with Gasteiger partial charge < -0.3 is 10.1 Å². The number of benzene rings is 1. The van der Waals surface area contributed by atoms with Crippen molar-refractivity contribution >= 4 is 27.4 Å². The molecule has 0 spiro atoms. The second-order valence-corrected chi connectivity index (χ2v) is 7.46. The second-order valence-electron chi connectivity index (χ2n) is 5.44. The van der Waals surface area contributed by atoms with E-state index in [2.05, 4.69) is 5.32 Å². The van der Waals surface area contributed by atoms with E-state index < -0.39 is 21.7 Å². The summed E-state index contributed by atoms with van der Waals surface area (Å²) in [7, 11) is -3.34. The van der Waals surface area contributed by atoms with E-state index in [1.54, 1.807) is 6.07 Å². The van der Waals surface area contributed by atoms with Crippen LogP contribution in [0.15, 0.2) is 29.2 Å². The molecule has 0 aromatic heterocycles. The highest BCUT2D eigenvalue weighted by atomic mass is 32.2. The molecule has 0 heterocycles. The van der Waals surface area contributed by atoms with Gasteiger partial charge in [-0.05, 0) is 30.5 Å². The Bertz CT molecular complexity index is 637. The van der Waals surface area contributed by atoms with Gasteiger partial charge in [0.25, 0.3) is 5.91 Å². The van der Waals surface area contributed by atoms with E-state index >= 15 is 0 Å². The van der Waals surface area contributed by atoms with Gasteiger partial charge in [-0.25, -0.2) is 8.42 Å². The molecule has 0 fully saturated rings. The van der Waals surface area contributed by atoms with Gasteiger partial charge in [-0.1, -0.05) is 19.9 Å². The Labute approximate surface area is 130 Å². The van der Waals surface area contributed by atoms with Crippen molar-refractivity contribution in [2.45, 2.75) is 31.6 Å². The number of carbonyl (C=O) groups is 2. The van der Waals surface area contributed by atoms with E-state index in [0.29, 0.717) is 18.0 Å². The summed E-state index contributed by atoms with van der Waals surface area (Å²) in [6, 6.07) is 5.89. The molecule has 22 heavy (non-hydrogen) atoms. The number of amides is 1. The molecule has 0 saturated carbocycles. The first kappa shape index (κ1) is 18.2. The first-order valence-electron chi connectivity index (χ1n) is 6.94. The maximum absolute atomic E-state index is 11.7. The first-order valence-corrected chi connectivity index (χ1v) is 8.83. The number of carbonyl (C=O) groups excluding carboxylic acids is 2. The second kappa shape index (κ2) is 7.93. The quantitative estimate of drug-likeness (QED) is 0.774. The van der Waals surface area contributed by atoms with Gasteiger partial charge in [-0.3, -0.25) is 9.59 Å². The molecule has 122 valence electrons. The van der Waals surface area contributed by atoms with E-state index in [4.69, 9.17) is 4.74 Å². The summed E-state index contributed by atoms with van der Waals surface area (Å²) in [6.07, 6.45) is 2.07. The van der Waals surface area contributed by atoms with Crippen LogP contribution in [0.3, 0.4) is 0 Å². The van der Waals surface area contributed by atoms with Crippen LogP contribution >= 0.6 is 0 Å². The van der Waals surface area contributed by atoms with E-state index in [1.165, 1.54) is 18.2 Å². The lowest BCUT2D eigenvalue weighted by atomic mass is 10.1. The van der Waals surface area contributed by atoms with E-state index in [1.807, 2.05) is 13.8 Å². The zero-order chi connectivity index (χ0) is 16.8. The predicted molar refractivity (Wildman–Crippen MR) is 83.2 cm³/mol. The van der Waals surface area contributed by atoms with Gasteiger partial charge in [-0.2, -0.15) is 0 Å². The molecule has 0 aliphatic heterocycles. The zero-order valence-corrected chi connectivity index (χ0v) is 13.8. The minimum absolute atomic E-state index is 0.110. The van der Waals surface area contributed by atoms with Gasteiger partial charge in [0.2, 0.25) is 0 Å². The molecule has 0 saturated heterocycles. The molecule has 1 rings (SSSR count). The Morgan fingerprint density at radius 3 is 2.55 bits per heavy atom. The molecule has 0 aliphatic rings. The molecule has 0 unspecified atom stereocenters. The number of sulfone groups is 1. The average molecular weight is 327 g/mol. The highest BCUT2D eigenvalue weighted by Gasteiger charge is 2.11. The number of nitrogens with one attached hydrogen (secondary N) is 1. The van der Waals surface area contributed by atoms with Crippen LogP contribution in [-0.2, 0) is 24.2 Å². The van der Waals surface area contributed by atoms with Crippen LogP contribution < -0.4 is 5.32 Å². The van der Waals surface area contributed by atoms with Gasteiger partial charge in [-0.15, -0.1) is 0 Å². The highest BCUT2D eigenvalue weighted by Crippen LogP contribution is 2.15. The van der Waals surface area contributed by atoms with Crippen molar-refractivity contribution in [2.24, 2.45) is 5.92 Å².